The maximum absolute atomic E-state index is 12.4. The van der Waals surface area contributed by atoms with Gasteiger partial charge in [-0.05, 0) is 17.7 Å². The second-order valence-corrected chi connectivity index (χ2v) is 5.93. The average molecular weight is 338 g/mol. The van der Waals surface area contributed by atoms with Crippen LogP contribution < -0.4 is 5.32 Å². The van der Waals surface area contributed by atoms with Gasteiger partial charge < -0.3 is 9.67 Å². The van der Waals surface area contributed by atoms with E-state index >= 15 is 0 Å². The highest BCUT2D eigenvalue weighted by molar-refractivity contribution is 5.95. The molecule has 8 nitrogen and oxygen atoms in total. The minimum atomic E-state index is -1.16. The molecule has 8 heteroatoms. The number of aliphatic hydroxyl groups excluding tert-OH is 1. The quantitative estimate of drug-likeness (QED) is 0.562. The molecule has 0 saturated carbocycles. The molecule has 0 bridgehead atoms. The van der Waals surface area contributed by atoms with E-state index in [1.165, 1.54) is 18.2 Å². The zero-order chi connectivity index (χ0) is 17.6. The van der Waals surface area contributed by atoms with E-state index < -0.39 is 16.9 Å². The van der Waals surface area contributed by atoms with Gasteiger partial charge >= 0.3 is 0 Å². The first-order valence-corrected chi connectivity index (χ1v) is 7.73. The lowest BCUT2D eigenvalue weighted by Gasteiger charge is -2.27. The average Bonchev–Trinajstić information content (AvgIpc) is 2.97. The summed E-state index contributed by atoms with van der Waals surface area (Å²) in [5, 5.41) is 24.3. The van der Waals surface area contributed by atoms with Gasteiger partial charge in [-0.15, -0.1) is 0 Å². The van der Waals surface area contributed by atoms with E-state index in [0.717, 1.165) is 11.0 Å². The van der Waals surface area contributed by atoms with Crippen LogP contribution in [0.4, 0.5) is 11.6 Å². The first kappa shape index (κ1) is 15.3. The van der Waals surface area contributed by atoms with Crippen LogP contribution in [0.2, 0.25) is 0 Å². The minimum Gasteiger partial charge on any atom is -0.388 e. The number of amides is 1. The van der Waals surface area contributed by atoms with Gasteiger partial charge in [-0.25, -0.2) is 4.98 Å². The Morgan fingerprint density at radius 1 is 1.28 bits per heavy atom. The number of aromatic nitrogens is 2. The molecule has 1 aliphatic rings. The lowest BCUT2D eigenvalue weighted by molar-refractivity contribution is -0.385. The fourth-order valence-corrected chi connectivity index (χ4v) is 3.14. The molecule has 0 fully saturated rings. The summed E-state index contributed by atoms with van der Waals surface area (Å²) in [5.74, 6) is -0.692. The van der Waals surface area contributed by atoms with E-state index in [9.17, 15) is 20.0 Å². The van der Waals surface area contributed by atoms with Crippen LogP contribution >= 0.6 is 0 Å². The molecule has 0 aliphatic carbocycles. The normalized spacial score (nSPS) is 17.8. The van der Waals surface area contributed by atoms with Crippen LogP contribution in [-0.2, 0) is 11.3 Å². The summed E-state index contributed by atoms with van der Waals surface area (Å²) < 4.78 is 1.84. The smallest absolute Gasteiger partial charge is 0.269 e. The molecule has 2 unspecified atom stereocenters. The van der Waals surface area contributed by atoms with E-state index in [-0.39, 0.29) is 18.1 Å². The summed E-state index contributed by atoms with van der Waals surface area (Å²) >= 11 is 0. The summed E-state index contributed by atoms with van der Waals surface area (Å²) in [6.45, 7) is 0.242. The SMILES string of the molecule is O=C1Nc2nc3ccccc3n2CC1C(O)c1cccc([N+](=O)[O-])c1. The van der Waals surface area contributed by atoms with Crippen molar-refractivity contribution in [1.82, 2.24) is 9.55 Å². The van der Waals surface area contributed by atoms with Gasteiger partial charge in [0.2, 0.25) is 11.9 Å². The van der Waals surface area contributed by atoms with Gasteiger partial charge in [0.25, 0.3) is 5.69 Å². The number of anilines is 1. The number of hydrogen-bond acceptors (Lipinski definition) is 5. The number of nitrogens with zero attached hydrogens (tertiary/aromatic N) is 3. The number of carbonyl (C=O) groups is 1. The molecular weight excluding hydrogens is 324 g/mol. The number of rotatable bonds is 3. The molecule has 2 heterocycles. The molecule has 4 rings (SSSR count). The largest absolute Gasteiger partial charge is 0.388 e. The number of carbonyl (C=O) groups excluding carboxylic acids is 1. The number of nitro benzene ring substituents is 1. The monoisotopic (exact) mass is 338 g/mol. The maximum Gasteiger partial charge on any atom is 0.269 e. The van der Waals surface area contributed by atoms with Crippen molar-refractivity contribution >= 4 is 28.6 Å². The van der Waals surface area contributed by atoms with Crippen molar-refractivity contribution in [3.63, 3.8) is 0 Å². The Hall–Kier alpha value is -3.26. The van der Waals surface area contributed by atoms with Gasteiger partial charge in [-0.3, -0.25) is 20.2 Å². The lowest BCUT2D eigenvalue weighted by atomic mass is 9.93. The molecule has 25 heavy (non-hydrogen) atoms. The summed E-state index contributed by atoms with van der Waals surface area (Å²) in [5.41, 5.74) is 1.82. The highest BCUT2D eigenvalue weighted by Gasteiger charge is 2.34. The number of non-ortho nitro benzene ring substituents is 1. The molecule has 1 aromatic heterocycles. The number of aliphatic hydroxyl groups is 1. The second kappa shape index (κ2) is 5.67. The van der Waals surface area contributed by atoms with Crippen LogP contribution in [0.3, 0.4) is 0 Å². The Kier molecular flexibility index (Phi) is 3.47. The Morgan fingerprint density at radius 3 is 2.88 bits per heavy atom. The minimum absolute atomic E-state index is 0.124. The first-order chi connectivity index (χ1) is 12.0. The Labute approximate surface area is 141 Å². The van der Waals surface area contributed by atoms with Crippen LogP contribution in [0.1, 0.15) is 11.7 Å². The molecule has 126 valence electrons. The van der Waals surface area contributed by atoms with Crippen molar-refractivity contribution in [2.75, 3.05) is 5.32 Å². The van der Waals surface area contributed by atoms with Crippen LogP contribution in [-0.4, -0.2) is 25.5 Å². The summed E-state index contributed by atoms with van der Waals surface area (Å²) in [6.07, 6.45) is -1.16. The molecule has 0 saturated heterocycles. The van der Waals surface area contributed by atoms with Gasteiger partial charge in [-0.2, -0.15) is 0 Å². The molecule has 0 radical (unpaired) electrons. The van der Waals surface area contributed by atoms with E-state index in [0.29, 0.717) is 11.5 Å². The van der Waals surface area contributed by atoms with E-state index in [1.54, 1.807) is 6.07 Å². The van der Waals surface area contributed by atoms with Crippen molar-refractivity contribution in [3.05, 3.63) is 64.2 Å². The number of nitrogens with one attached hydrogen (secondary N) is 1. The third-order valence-corrected chi connectivity index (χ3v) is 4.41. The number of para-hydroxylation sites is 2. The van der Waals surface area contributed by atoms with Crippen molar-refractivity contribution in [1.29, 1.82) is 0 Å². The highest BCUT2D eigenvalue weighted by Crippen LogP contribution is 2.32. The Bertz CT molecular complexity index is 997. The summed E-state index contributed by atoms with van der Waals surface area (Å²) in [4.78, 5) is 27.2. The molecule has 3 aromatic rings. The van der Waals surface area contributed by atoms with Gasteiger partial charge in [0.1, 0.15) is 0 Å². The number of imidazole rings is 1. The summed E-state index contributed by atoms with van der Waals surface area (Å²) in [6, 6.07) is 13.2. The van der Waals surface area contributed by atoms with Gasteiger partial charge in [0.15, 0.2) is 0 Å². The highest BCUT2D eigenvalue weighted by atomic mass is 16.6. The van der Waals surface area contributed by atoms with Crippen molar-refractivity contribution in [3.8, 4) is 0 Å². The predicted molar refractivity (Wildman–Crippen MR) is 89.9 cm³/mol. The zero-order valence-corrected chi connectivity index (χ0v) is 13.0. The van der Waals surface area contributed by atoms with Gasteiger partial charge in [-0.1, -0.05) is 24.3 Å². The number of benzene rings is 2. The molecule has 2 N–H and O–H groups in total. The van der Waals surface area contributed by atoms with Crippen molar-refractivity contribution in [2.45, 2.75) is 12.6 Å². The Morgan fingerprint density at radius 2 is 2.08 bits per heavy atom. The maximum atomic E-state index is 12.4. The predicted octanol–water partition coefficient (Wildman–Crippen LogP) is 2.25. The molecule has 1 amide bonds. The molecule has 1 aliphatic heterocycles. The van der Waals surface area contributed by atoms with Gasteiger partial charge in [0, 0.05) is 18.7 Å². The van der Waals surface area contributed by atoms with Crippen LogP contribution in [0.5, 0.6) is 0 Å². The van der Waals surface area contributed by atoms with Crippen molar-refractivity contribution in [2.24, 2.45) is 5.92 Å². The molecule has 2 aromatic carbocycles. The Balaban J connectivity index is 1.70. The van der Waals surface area contributed by atoms with Gasteiger partial charge in [0.05, 0.1) is 28.0 Å². The van der Waals surface area contributed by atoms with Crippen LogP contribution in [0, 0.1) is 16.0 Å². The van der Waals surface area contributed by atoms with E-state index in [2.05, 4.69) is 10.3 Å². The first-order valence-electron chi connectivity index (χ1n) is 7.73. The topological polar surface area (TPSA) is 110 Å². The lowest BCUT2D eigenvalue weighted by Crippen LogP contribution is -2.37. The third kappa shape index (κ3) is 2.52. The van der Waals surface area contributed by atoms with Crippen LogP contribution in [0.25, 0.3) is 11.0 Å². The standard InChI is InChI=1S/C17H14N4O4/c22-15(10-4-3-5-11(8-10)21(24)25)12-9-20-14-7-2-1-6-13(14)18-17(20)19-16(12)23/h1-8,12,15,22H,9H2,(H,18,19,23). The molecular formula is C17H14N4O4. The second-order valence-electron chi connectivity index (χ2n) is 5.93. The fourth-order valence-electron chi connectivity index (χ4n) is 3.14. The molecule has 2 atom stereocenters. The third-order valence-electron chi connectivity index (χ3n) is 4.41. The number of fused-ring (bicyclic) bond motifs is 3. The van der Waals surface area contributed by atoms with Crippen molar-refractivity contribution < 1.29 is 14.8 Å². The van der Waals surface area contributed by atoms with E-state index in [1.807, 2.05) is 28.8 Å². The van der Waals surface area contributed by atoms with Crippen LogP contribution in [0.15, 0.2) is 48.5 Å². The molecule has 0 spiro atoms. The number of nitro groups is 1. The van der Waals surface area contributed by atoms with E-state index in [4.69, 9.17) is 0 Å². The summed E-state index contributed by atoms with van der Waals surface area (Å²) in [7, 11) is 0. The fraction of sp³-hybridized carbons (Fsp3) is 0.176. The zero-order valence-electron chi connectivity index (χ0n) is 13.0. The number of hydrogen-bond donors (Lipinski definition) is 2.